The average Bonchev–Trinajstić information content (AvgIpc) is 2.65. The molecule has 2 aromatic heterocycles. The summed E-state index contributed by atoms with van der Waals surface area (Å²) < 4.78 is 1.69. The van der Waals surface area contributed by atoms with Gasteiger partial charge in [0.05, 0.1) is 5.69 Å². The van der Waals surface area contributed by atoms with E-state index >= 15 is 0 Å². The second-order valence-electron chi connectivity index (χ2n) is 4.02. The van der Waals surface area contributed by atoms with Gasteiger partial charge in [0.15, 0.2) is 5.43 Å². The molecule has 6 nitrogen and oxygen atoms in total. The summed E-state index contributed by atoms with van der Waals surface area (Å²) in [4.78, 5) is 26.0. The van der Waals surface area contributed by atoms with E-state index in [0.29, 0.717) is 6.54 Å². The lowest BCUT2D eigenvalue weighted by Gasteiger charge is -2.03. The Balaban J connectivity index is 2.08. The van der Waals surface area contributed by atoms with Crippen LogP contribution < -0.4 is 10.7 Å². The summed E-state index contributed by atoms with van der Waals surface area (Å²) in [5.41, 5.74) is 1.60. The lowest BCUT2D eigenvalue weighted by Crippen LogP contribution is -2.28. The van der Waals surface area contributed by atoms with Crippen LogP contribution in [0.1, 0.15) is 21.6 Å². The van der Waals surface area contributed by atoms with Gasteiger partial charge in [0.1, 0.15) is 5.56 Å². The minimum Gasteiger partial charge on any atom is -0.367 e. The van der Waals surface area contributed by atoms with Gasteiger partial charge >= 0.3 is 0 Å². The van der Waals surface area contributed by atoms with E-state index in [-0.39, 0.29) is 16.9 Å². The number of carbonyl (C=O) groups excluding carboxylic acids is 1. The van der Waals surface area contributed by atoms with Crippen molar-refractivity contribution in [3.63, 3.8) is 0 Å². The van der Waals surface area contributed by atoms with Gasteiger partial charge in [-0.2, -0.15) is 5.10 Å². The molecule has 0 saturated heterocycles. The molecule has 18 heavy (non-hydrogen) atoms. The monoisotopic (exact) mass is 246 g/mol. The molecular formula is C12H14N4O2. The SMILES string of the molecule is Cc1nn(C)cc1CNC(=O)c1c[nH]ccc1=O. The molecule has 0 atom stereocenters. The molecule has 2 rings (SSSR count). The first-order valence-electron chi connectivity index (χ1n) is 5.52. The summed E-state index contributed by atoms with van der Waals surface area (Å²) in [6.07, 6.45) is 4.73. The fourth-order valence-electron chi connectivity index (χ4n) is 1.69. The van der Waals surface area contributed by atoms with E-state index in [9.17, 15) is 9.59 Å². The summed E-state index contributed by atoms with van der Waals surface area (Å²) >= 11 is 0. The number of nitrogens with zero attached hydrogens (tertiary/aromatic N) is 2. The number of rotatable bonds is 3. The molecule has 2 N–H and O–H groups in total. The Morgan fingerprint density at radius 1 is 1.56 bits per heavy atom. The van der Waals surface area contributed by atoms with Crippen LogP contribution in [0, 0.1) is 6.92 Å². The molecule has 0 aliphatic rings. The standard InChI is InChI=1S/C12H14N4O2/c1-8-9(7-16(2)15-8)5-14-12(18)10-6-13-4-3-11(10)17/h3-4,6-7H,5H2,1-2H3,(H,13,17)(H,14,18). The summed E-state index contributed by atoms with van der Waals surface area (Å²) in [6, 6.07) is 1.32. The Bertz CT molecular complexity index is 627. The maximum Gasteiger partial charge on any atom is 0.257 e. The van der Waals surface area contributed by atoms with E-state index in [1.807, 2.05) is 20.2 Å². The van der Waals surface area contributed by atoms with Crippen LogP contribution >= 0.6 is 0 Å². The minimum atomic E-state index is -0.389. The van der Waals surface area contributed by atoms with E-state index < -0.39 is 0 Å². The smallest absolute Gasteiger partial charge is 0.257 e. The third-order valence-electron chi connectivity index (χ3n) is 2.62. The van der Waals surface area contributed by atoms with Crippen LogP contribution in [0.15, 0.2) is 29.5 Å². The average molecular weight is 246 g/mol. The molecule has 2 heterocycles. The fraction of sp³-hybridized carbons (Fsp3) is 0.250. The highest BCUT2D eigenvalue weighted by molar-refractivity contribution is 5.93. The molecule has 6 heteroatoms. The first-order chi connectivity index (χ1) is 8.58. The lowest BCUT2D eigenvalue weighted by molar-refractivity contribution is 0.0949. The molecule has 0 spiro atoms. The molecule has 0 fully saturated rings. The van der Waals surface area contributed by atoms with Gasteiger partial charge in [-0.15, -0.1) is 0 Å². The van der Waals surface area contributed by atoms with Crippen molar-refractivity contribution in [2.75, 3.05) is 0 Å². The predicted molar refractivity (Wildman–Crippen MR) is 66.2 cm³/mol. The van der Waals surface area contributed by atoms with Gasteiger partial charge in [0, 0.05) is 43.8 Å². The van der Waals surface area contributed by atoms with E-state index in [1.54, 1.807) is 4.68 Å². The number of nitrogens with one attached hydrogen (secondary N) is 2. The fourth-order valence-corrected chi connectivity index (χ4v) is 1.69. The highest BCUT2D eigenvalue weighted by Gasteiger charge is 2.10. The van der Waals surface area contributed by atoms with Crippen molar-refractivity contribution in [2.24, 2.45) is 7.05 Å². The third kappa shape index (κ3) is 2.48. The molecule has 1 amide bonds. The first kappa shape index (κ1) is 12.1. The highest BCUT2D eigenvalue weighted by Crippen LogP contribution is 2.04. The predicted octanol–water partition coefficient (Wildman–Crippen LogP) is 0.347. The number of H-pyrrole nitrogens is 1. The van der Waals surface area contributed by atoms with Crippen LogP contribution in [0.4, 0.5) is 0 Å². The molecule has 0 radical (unpaired) electrons. The molecule has 0 aliphatic heterocycles. The number of carbonyl (C=O) groups is 1. The second kappa shape index (κ2) is 4.87. The van der Waals surface area contributed by atoms with Crippen LogP contribution in [0.5, 0.6) is 0 Å². The van der Waals surface area contributed by atoms with Crippen molar-refractivity contribution < 1.29 is 4.79 Å². The summed E-state index contributed by atoms with van der Waals surface area (Å²) in [7, 11) is 1.82. The number of aromatic amines is 1. The zero-order valence-corrected chi connectivity index (χ0v) is 10.2. The van der Waals surface area contributed by atoms with Crippen molar-refractivity contribution in [1.29, 1.82) is 0 Å². The third-order valence-corrected chi connectivity index (χ3v) is 2.62. The summed E-state index contributed by atoms with van der Waals surface area (Å²) in [6.45, 7) is 2.23. The van der Waals surface area contributed by atoms with Gasteiger partial charge in [-0.25, -0.2) is 0 Å². The zero-order chi connectivity index (χ0) is 13.1. The molecule has 0 unspecified atom stereocenters. The Hall–Kier alpha value is -2.37. The highest BCUT2D eigenvalue weighted by atomic mass is 16.2. The van der Waals surface area contributed by atoms with Crippen LogP contribution in [0.2, 0.25) is 0 Å². The van der Waals surface area contributed by atoms with E-state index in [2.05, 4.69) is 15.4 Å². The quantitative estimate of drug-likeness (QED) is 0.820. The topological polar surface area (TPSA) is 79.8 Å². The normalized spacial score (nSPS) is 10.3. The van der Waals surface area contributed by atoms with E-state index in [4.69, 9.17) is 0 Å². The molecule has 2 aromatic rings. The summed E-state index contributed by atoms with van der Waals surface area (Å²) in [5, 5.41) is 6.87. The van der Waals surface area contributed by atoms with Gasteiger partial charge in [-0.1, -0.05) is 0 Å². The molecule has 94 valence electrons. The van der Waals surface area contributed by atoms with Gasteiger partial charge in [0.25, 0.3) is 5.91 Å². The number of hydrogen-bond donors (Lipinski definition) is 2. The van der Waals surface area contributed by atoms with Crippen LogP contribution in [-0.2, 0) is 13.6 Å². The molecular weight excluding hydrogens is 232 g/mol. The van der Waals surface area contributed by atoms with Crippen LogP contribution in [0.25, 0.3) is 0 Å². The van der Waals surface area contributed by atoms with Crippen molar-refractivity contribution in [1.82, 2.24) is 20.1 Å². The van der Waals surface area contributed by atoms with E-state index in [1.165, 1.54) is 18.5 Å². The number of amides is 1. The number of aryl methyl sites for hydroxylation is 2. The van der Waals surface area contributed by atoms with Crippen LogP contribution in [0.3, 0.4) is 0 Å². The molecule has 0 aromatic carbocycles. The zero-order valence-electron chi connectivity index (χ0n) is 10.2. The molecule has 0 bridgehead atoms. The van der Waals surface area contributed by atoms with Gasteiger partial charge in [-0.3, -0.25) is 14.3 Å². The number of hydrogen-bond acceptors (Lipinski definition) is 3. The largest absolute Gasteiger partial charge is 0.367 e. The Morgan fingerprint density at radius 2 is 2.33 bits per heavy atom. The maximum absolute atomic E-state index is 11.8. The van der Waals surface area contributed by atoms with Crippen molar-refractivity contribution in [3.8, 4) is 0 Å². The van der Waals surface area contributed by atoms with E-state index in [0.717, 1.165) is 11.3 Å². The van der Waals surface area contributed by atoms with Crippen molar-refractivity contribution in [2.45, 2.75) is 13.5 Å². The second-order valence-corrected chi connectivity index (χ2v) is 4.02. The van der Waals surface area contributed by atoms with Gasteiger partial charge < -0.3 is 10.3 Å². The number of pyridine rings is 1. The molecule has 0 aliphatic carbocycles. The van der Waals surface area contributed by atoms with Crippen molar-refractivity contribution in [3.05, 3.63) is 51.7 Å². The number of aromatic nitrogens is 3. The molecule has 0 saturated carbocycles. The Morgan fingerprint density at radius 3 is 2.94 bits per heavy atom. The maximum atomic E-state index is 11.8. The van der Waals surface area contributed by atoms with Crippen LogP contribution in [-0.4, -0.2) is 20.7 Å². The Labute approximate surface area is 104 Å². The lowest BCUT2D eigenvalue weighted by atomic mass is 10.2. The first-order valence-corrected chi connectivity index (χ1v) is 5.52. The summed E-state index contributed by atoms with van der Waals surface area (Å²) in [5.74, 6) is -0.389. The van der Waals surface area contributed by atoms with Gasteiger partial charge in [-0.05, 0) is 6.92 Å². The minimum absolute atomic E-state index is 0.110. The Kier molecular flexibility index (Phi) is 3.27. The van der Waals surface area contributed by atoms with Crippen molar-refractivity contribution >= 4 is 5.91 Å². The van der Waals surface area contributed by atoms with Gasteiger partial charge in [0.2, 0.25) is 0 Å².